The molecule has 1 aromatic heterocycles. The summed E-state index contributed by atoms with van der Waals surface area (Å²) in [7, 11) is 2.88. The van der Waals surface area contributed by atoms with E-state index in [1.807, 2.05) is 0 Å². The van der Waals surface area contributed by atoms with Crippen LogP contribution in [0.5, 0.6) is 5.75 Å². The maximum absolute atomic E-state index is 14.6. The molecular weight excluding hydrogens is 381 g/mol. The number of nitrogen functional groups attached to an aromatic ring is 1. The largest absolute Gasteiger partial charge is 0.497 e. The number of hydrogen-bond acceptors (Lipinski definition) is 4. The monoisotopic (exact) mass is 396 g/mol. The second-order valence-electron chi connectivity index (χ2n) is 5.85. The van der Waals surface area contributed by atoms with Crippen molar-refractivity contribution in [2.24, 2.45) is 7.05 Å². The van der Waals surface area contributed by atoms with Gasteiger partial charge in [-0.2, -0.15) is 5.10 Å². The number of ether oxygens (including phenoxy) is 1. The van der Waals surface area contributed by atoms with E-state index in [4.69, 9.17) is 22.1 Å². The highest BCUT2D eigenvalue weighted by Gasteiger charge is 2.24. The number of methoxy groups -OCH3 is 1. The van der Waals surface area contributed by atoms with Crippen molar-refractivity contribution in [2.45, 2.75) is 6.92 Å². The zero-order chi connectivity index (χ0) is 19.9. The molecule has 3 N–H and O–H groups in total. The third-order valence-corrected chi connectivity index (χ3v) is 4.46. The summed E-state index contributed by atoms with van der Waals surface area (Å²) in [4.78, 5) is 0. The number of rotatable bonds is 4. The molecule has 3 aromatic rings. The number of aryl methyl sites for hydroxylation is 2. The zero-order valence-corrected chi connectivity index (χ0v) is 15.5. The fourth-order valence-electron chi connectivity index (χ4n) is 2.82. The van der Waals surface area contributed by atoms with Crippen molar-refractivity contribution >= 4 is 28.8 Å². The molecule has 0 bridgehead atoms. The summed E-state index contributed by atoms with van der Waals surface area (Å²) in [5.41, 5.74) is 6.34. The summed E-state index contributed by atoms with van der Waals surface area (Å²) in [6.45, 7) is 1.60. The number of anilines is 3. The average Bonchev–Trinajstić information content (AvgIpc) is 2.88. The summed E-state index contributed by atoms with van der Waals surface area (Å²) in [6.07, 6.45) is 0. The Bertz CT molecular complexity index is 1010. The molecule has 27 heavy (non-hydrogen) atoms. The molecule has 5 nitrogen and oxygen atoms in total. The average molecular weight is 397 g/mol. The Kier molecular flexibility index (Phi) is 4.93. The summed E-state index contributed by atoms with van der Waals surface area (Å²) in [5, 5.41) is 6.82. The fraction of sp³-hybridized carbons (Fsp3) is 0.167. The van der Waals surface area contributed by atoms with E-state index in [0.717, 1.165) is 18.2 Å². The molecule has 0 saturated carbocycles. The second kappa shape index (κ2) is 7.03. The van der Waals surface area contributed by atoms with Crippen molar-refractivity contribution in [3.8, 4) is 16.9 Å². The SMILES string of the molecule is COc1cc(F)c(-c2c(C)nn(C)c2Nc2c(N)ccc(F)c2Cl)c(F)c1. The predicted octanol–water partition coefficient (Wildman–Crippen LogP) is 4.80. The molecule has 0 radical (unpaired) electrons. The first kappa shape index (κ1) is 18.9. The highest BCUT2D eigenvalue weighted by molar-refractivity contribution is 6.34. The minimum Gasteiger partial charge on any atom is -0.497 e. The van der Waals surface area contributed by atoms with E-state index in [-0.39, 0.29) is 39.1 Å². The van der Waals surface area contributed by atoms with Gasteiger partial charge in [0.1, 0.15) is 34.0 Å². The molecular formula is C18H16ClF3N4O. The van der Waals surface area contributed by atoms with Crippen LogP contribution in [0.2, 0.25) is 5.02 Å². The molecule has 0 aliphatic carbocycles. The van der Waals surface area contributed by atoms with Gasteiger partial charge in [0.25, 0.3) is 0 Å². The molecule has 0 amide bonds. The van der Waals surface area contributed by atoms with Crippen LogP contribution in [0.15, 0.2) is 24.3 Å². The third-order valence-electron chi connectivity index (χ3n) is 4.09. The van der Waals surface area contributed by atoms with Gasteiger partial charge in [-0.15, -0.1) is 0 Å². The van der Waals surface area contributed by atoms with Gasteiger partial charge in [0.05, 0.1) is 35.3 Å². The summed E-state index contributed by atoms with van der Waals surface area (Å²) in [5.74, 6) is -2.10. The first-order valence-corrected chi connectivity index (χ1v) is 8.19. The predicted molar refractivity (Wildman–Crippen MR) is 99.0 cm³/mol. The Balaban J connectivity index is 2.21. The first-order valence-electron chi connectivity index (χ1n) is 7.82. The third kappa shape index (κ3) is 3.28. The number of aromatic nitrogens is 2. The molecule has 0 aliphatic heterocycles. The molecule has 1 heterocycles. The van der Waals surface area contributed by atoms with E-state index in [9.17, 15) is 13.2 Å². The molecule has 0 unspecified atom stereocenters. The van der Waals surface area contributed by atoms with Gasteiger partial charge in [-0.25, -0.2) is 13.2 Å². The Morgan fingerprint density at radius 1 is 1.11 bits per heavy atom. The molecule has 0 aliphatic rings. The quantitative estimate of drug-likeness (QED) is 0.622. The molecule has 142 valence electrons. The van der Waals surface area contributed by atoms with Crippen LogP contribution in [0, 0.1) is 24.4 Å². The maximum Gasteiger partial charge on any atom is 0.144 e. The van der Waals surface area contributed by atoms with Gasteiger partial charge in [-0.05, 0) is 19.1 Å². The minimum atomic E-state index is -0.829. The van der Waals surface area contributed by atoms with Crippen molar-refractivity contribution in [1.29, 1.82) is 0 Å². The van der Waals surface area contributed by atoms with Crippen molar-refractivity contribution in [3.05, 3.63) is 52.4 Å². The zero-order valence-electron chi connectivity index (χ0n) is 14.7. The van der Waals surface area contributed by atoms with Crippen molar-refractivity contribution in [3.63, 3.8) is 0 Å². The summed E-state index contributed by atoms with van der Waals surface area (Å²) >= 11 is 6.00. The molecule has 3 rings (SSSR count). The Hall–Kier alpha value is -2.87. The van der Waals surface area contributed by atoms with Crippen LogP contribution in [0.4, 0.5) is 30.4 Å². The van der Waals surface area contributed by atoms with Gasteiger partial charge in [0, 0.05) is 19.2 Å². The lowest BCUT2D eigenvalue weighted by atomic mass is 10.0. The maximum atomic E-state index is 14.6. The lowest BCUT2D eigenvalue weighted by Gasteiger charge is -2.15. The Morgan fingerprint density at radius 2 is 1.74 bits per heavy atom. The number of nitrogens with one attached hydrogen (secondary N) is 1. The van der Waals surface area contributed by atoms with E-state index in [0.29, 0.717) is 5.69 Å². The smallest absolute Gasteiger partial charge is 0.144 e. The lowest BCUT2D eigenvalue weighted by molar-refractivity contribution is 0.407. The number of nitrogens with zero attached hydrogens (tertiary/aromatic N) is 2. The molecule has 2 aromatic carbocycles. The van der Waals surface area contributed by atoms with Crippen LogP contribution in [0.25, 0.3) is 11.1 Å². The van der Waals surface area contributed by atoms with Gasteiger partial charge in [0.2, 0.25) is 0 Å². The van der Waals surface area contributed by atoms with E-state index >= 15 is 0 Å². The van der Waals surface area contributed by atoms with Crippen LogP contribution >= 0.6 is 11.6 Å². The fourth-order valence-corrected chi connectivity index (χ4v) is 3.04. The molecule has 0 fully saturated rings. The minimum absolute atomic E-state index is 0.0437. The lowest BCUT2D eigenvalue weighted by Crippen LogP contribution is -2.05. The standard InChI is InChI=1S/C18H16ClF3N4O/c1-8-14(15-11(21)6-9(27-3)7-12(15)22)18(26(2)25-8)24-17-13(23)5-4-10(20)16(17)19/h4-7,24H,23H2,1-3H3. The first-order chi connectivity index (χ1) is 12.7. The molecule has 0 atom stereocenters. The van der Waals surface area contributed by atoms with Crippen LogP contribution in [0.3, 0.4) is 0 Å². The highest BCUT2D eigenvalue weighted by atomic mass is 35.5. The second-order valence-corrected chi connectivity index (χ2v) is 6.23. The summed E-state index contributed by atoms with van der Waals surface area (Å²) in [6, 6.07) is 4.60. The van der Waals surface area contributed by atoms with E-state index in [1.165, 1.54) is 17.9 Å². The van der Waals surface area contributed by atoms with Crippen molar-refractivity contribution in [1.82, 2.24) is 9.78 Å². The Labute approximate surface area is 158 Å². The molecule has 9 heteroatoms. The van der Waals surface area contributed by atoms with Gasteiger partial charge >= 0.3 is 0 Å². The van der Waals surface area contributed by atoms with E-state index in [2.05, 4.69) is 10.4 Å². The topological polar surface area (TPSA) is 65.1 Å². The number of benzene rings is 2. The van der Waals surface area contributed by atoms with Crippen LogP contribution in [-0.4, -0.2) is 16.9 Å². The number of hydrogen-bond donors (Lipinski definition) is 2. The van der Waals surface area contributed by atoms with Gasteiger partial charge < -0.3 is 15.8 Å². The van der Waals surface area contributed by atoms with Crippen LogP contribution in [0.1, 0.15) is 5.69 Å². The van der Waals surface area contributed by atoms with E-state index < -0.39 is 17.5 Å². The Morgan fingerprint density at radius 3 is 2.33 bits per heavy atom. The van der Waals surface area contributed by atoms with Crippen molar-refractivity contribution in [2.75, 3.05) is 18.2 Å². The number of halogens is 4. The van der Waals surface area contributed by atoms with Crippen LogP contribution < -0.4 is 15.8 Å². The van der Waals surface area contributed by atoms with Gasteiger partial charge in [-0.3, -0.25) is 4.68 Å². The van der Waals surface area contributed by atoms with Gasteiger partial charge in [-0.1, -0.05) is 11.6 Å². The molecule has 0 spiro atoms. The molecule has 0 saturated heterocycles. The highest BCUT2D eigenvalue weighted by Crippen LogP contribution is 2.40. The van der Waals surface area contributed by atoms with Gasteiger partial charge in [0.15, 0.2) is 0 Å². The summed E-state index contributed by atoms with van der Waals surface area (Å²) < 4.78 is 49.3. The normalized spacial score (nSPS) is 10.9. The van der Waals surface area contributed by atoms with Crippen LogP contribution in [-0.2, 0) is 7.05 Å². The van der Waals surface area contributed by atoms with E-state index in [1.54, 1.807) is 14.0 Å². The number of nitrogens with two attached hydrogens (primary N) is 1. The van der Waals surface area contributed by atoms with Crippen molar-refractivity contribution < 1.29 is 17.9 Å².